The van der Waals surface area contributed by atoms with E-state index < -0.39 is 16.6 Å². The van der Waals surface area contributed by atoms with E-state index in [1.54, 1.807) is 0 Å². The fourth-order valence-corrected chi connectivity index (χ4v) is 4.37. The number of hydrogen-bond acceptors (Lipinski definition) is 8. The molecule has 0 heterocycles. The zero-order valence-corrected chi connectivity index (χ0v) is 26.1. The van der Waals surface area contributed by atoms with Crippen LogP contribution >= 0.6 is 48.0 Å². The largest absolute Gasteiger partial charge is 0.346 e. The van der Waals surface area contributed by atoms with Gasteiger partial charge in [-0.05, 0) is 65.0 Å². The van der Waals surface area contributed by atoms with Gasteiger partial charge in [0.05, 0.1) is 5.34 Å². The second-order valence-corrected chi connectivity index (χ2v) is 19.7. The van der Waals surface area contributed by atoms with E-state index in [9.17, 15) is 0 Å². The monoisotopic (exact) mass is 592 g/mol. The molecule has 4 atom stereocenters. The van der Waals surface area contributed by atoms with Gasteiger partial charge in [-0.2, -0.15) is 0 Å². The van der Waals surface area contributed by atoms with Crippen LogP contribution in [0.5, 0.6) is 0 Å². The molecule has 0 aliphatic heterocycles. The Hall–Kier alpha value is 1.27. The molecule has 6 N–H and O–H groups in total. The third-order valence-corrected chi connectivity index (χ3v) is 6.36. The minimum Gasteiger partial charge on any atom is -0.346 e. The maximum atomic E-state index is 8.59. The third-order valence-electron chi connectivity index (χ3n) is 4.90. The standard InChI is InChI=1S/C12H30N2O2Si2.C6H14N2O2.CH2Cl2.2ClH/c1-17(2,3)15-13-11-9-7-8-10-12(11)14-16-18(4,5)6;9-7-5-3-1-2-4-6(5)8-10;2-1-3;;/h11-14H,7-10H2,1-6H3;5-10H,1-4H2;1H2;2*1H/t11-,12-;5-,6-;;;/m11.../s1. The van der Waals surface area contributed by atoms with Gasteiger partial charge in [-0.3, -0.25) is 0 Å². The first-order valence-electron chi connectivity index (χ1n) is 11.3. The number of hydrogen-bond donors (Lipinski definition) is 6. The molecule has 0 aromatic carbocycles. The van der Waals surface area contributed by atoms with Crippen LogP contribution in [-0.4, -0.2) is 56.6 Å². The first-order chi connectivity index (χ1) is 14.5. The molecule has 0 amide bonds. The maximum Gasteiger partial charge on any atom is 0.211 e. The molecule has 0 spiro atoms. The van der Waals surface area contributed by atoms with Gasteiger partial charge in [-0.15, -0.1) is 48.0 Å². The molecule has 2 aliphatic carbocycles. The van der Waals surface area contributed by atoms with Crippen molar-refractivity contribution in [1.29, 1.82) is 0 Å². The fraction of sp³-hybridized carbons (Fsp3) is 1.00. The van der Waals surface area contributed by atoms with E-state index in [4.69, 9.17) is 42.7 Å². The van der Waals surface area contributed by atoms with E-state index in [1.165, 1.54) is 12.8 Å². The lowest BCUT2D eigenvalue weighted by atomic mass is 9.91. The average Bonchev–Trinajstić information content (AvgIpc) is 2.71. The molecular formula is C19H48Cl4N4O4Si2. The summed E-state index contributed by atoms with van der Waals surface area (Å²) in [4.78, 5) is 0. The molecule has 0 unspecified atom stereocenters. The van der Waals surface area contributed by atoms with Gasteiger partial charge >= 0.3 is 0 Å². The summed E-state index contributed by atoms with van der Waals surface area (Å²) in [5.74, 6) is 0. The van der Waals surface area contributed by atoms with Crippen LogP contribution in [-0.2, 0) is 9.05 Å². The summed E-state index contributed by atoms with van der Waals surface area (Å²) in [6.45, 7) is 13.2. The lowest BCUT2D eigenvalue weighted by Gasteiger charge is -2.35. The van der Waals surface area contributed by atoms with Crippen LogP contribution in [0, 0.1) is 0 Å². The van der Waals surface area contributed by atoms with Gasteiger partial charge < -0.3 is 19.5 Å². The molecule has 0 aromatic rings. The molecule has 2 fully saturated rings. The first kappa shape index (κ1) is 38.8. The van der Waals surface area contributed by atoms with E-state index >= 15 is 0 Å². The quantitative estimate of drug-likeness (QED) is 0.124. The van der Waals surface area contributed by atoms with Gasteiger partial charge in [0.25, 0.3) is 0 Å². The van der Waals surface area contributed by atoms with Crippen molar-refractivity contribution in [2.24, 2.45) is 0 Å². The molecule has 2 rings (SSSR count). The number of alkyl halides is 2. The van der Waals surface area contributed by atoms with Crippen molar-refractivity contribution in [2.45, 2.75) is 115 Å². The predicted octanol–water partition coefficient (Wildman–Crippen LogP) is 5.53. The van der Waals surface area contributed by atoms with Crippen LogP contribution in [0.25, 0.3) is 0 Å². The minimum absolute atomic E-state index is 0. The summed E-state index contributed by atoms with van der Waals surface area (Å²) >= 11 is 9.53. The van der Waals surface area contributed by atoms with E-state index in [0.29, 0.717) is 12.1 Å². The van der Waals surface area contributed by atoms with E-state index in [0.717, 1.165) is 38.5 Å². The smallest absolute Gasteiger partial charge is 0.211 e. The molecule has 8 nitrogen and oxygen atoms in total. The minimum atomic E-state index is -1.50. The van der Waals surface area contributed by atoms with Crippen LogP contribution in [0.2, 0.25) is 39.3 Å². The fourth-order valence-electron chi connectivity index (χ4n) is 3.36. The summed E-state index contributed by atoms with van der Waals surface area (Å²) in [6, 6.07) is 0.779. The van der Waals surface area contributed by atoms with Gasteiger partial charge in [-0.1, -0.05) is 25.7 Å². The van der Waals surface area contributed by atoms with Crippen molar-refractivity contribution in [3.63, 3.8) is 0 Å². The van der Waals surface area contributed by atoms with Crippen molar-refractivity contribution in [1.82, 2.24) is 21.9 Å². The Labute approximate surface area is 225 Å². The molecule has 2 saturated carbocycles. The maximum absolute atomic E-state index is 8.59. The third kappa shape index (κ3) is 21.1. The molecule has 0 bridgehead atoms. The Morgan fingerprint density at radius 1 is 0.636 bits per heavy atom. The molecule has 204 valence electrons. The van der Waals surface area contributed by atoms with Crippen molar-refractivity contribution < 1.29 is 19.5 Å². The van der Waals surface area contributed by atoms with Crippen LogP contribution in [0.4, 0.5) is 0 Å². The molecule has 33 heavy (non-hydrogen) atoms. The SMILES string of the molecule is C[Si](C)(C)ON[C@@H]1CCCC[C@H]1NO[Si](C)(C)C.Cl.Cl.ClCCl.ON[C@@H]1CCCC[C@H]1NO. The number of hydroxylamine groups is 4. The van der Waals surface area contributed by atoms with E-state index in [-0.39, 0.29) is 42.2 Å². The summed E-state index contributed by atoms with van der Waals surface area (Å²) in [6.07, 6.45) is 8.97. The summed E-state index contributed by atoms with van der Waals surface area (Å²) in [5.41, 5.74) is 10.9. The lowest BCUT2D eigenvalue weighted by Crippen LogP contribution is -2.54. The van der Waals surface area contributed by atoms with E-state index in [1.807, 2.05) is 0 Å². The second-order valence-electron chi connectivity index (χ2n) is 10.0. The highest BCUT2D eigenvalue weighted by Crippen LogP contribution is 2.20. The molecule has 2 aliphatic rings. The van der Waals surface area contributed by atoms with Crippen LogP contribution in [0.15, 0.2) is 0 Å². The number of nitrogens with one attached hydrogen (secondary N) is 4. The highest BCUT2D eigenvalue weighted by Gasteiger charge is 2.29. The van der Waals surface area contributed by atoms with Gasteiger partial charge in [0.15, 0.2) is 0 Å². The second kappa shape index (κ2) is 21.4. The molecule has 0 saturated heterocycles. The van der Waals surface area contributed by atoms with Gasteiger partial charge in [0.1, 0.15) is 0 Å². The molecule has 0 aromatic heterocycles. The zero-order chi connectivity index (χ0) is 23.9. The topological polar surface area (TPSA) is 107 Å². The Bertz CT molecular complexity index is 415. The lowest BCUT2D eigenvalue weighted by molar-refractivity contribution is 0.0331. The predicted molar refractivity (Wildman–Crippen MR) is 148 cm³/mol. The van der Waals surface area contributed by atoms with E-state index in [2.05, 4.69) is 61.2 Å². The van der Waals surface area contributed by atoms with Crippen LogP contribution in [0.1, 0.15) is 51.4 Å². The Balaban J connectivity index is -0.000000510. The van der Waals surface area contributed by atoms with Crippen LogP contribution < -0.4 is 21.9 Å². The normalized spacial score (nSPS) is 25.3. The summed E-state index contributed by atoms with van der Waals surface area (Å²) in [7, 11) is -3.00. The van der Waals surface area contributed by atoms with Crippen molar-refractivity contribution in [3.05, 3.63) is 0 Å². The highest BCUT2D eigenvalue weighted by atomic mass is 35.5. The Kier molecular flexibility index (Phi) is 25.1. The Morgan fingerprint density at radius 3 is 1.09 bits per heavy atom. The van der Waals surface area contributed by atoms with Gasteiger partial charge in [0, 0.05) is 24.2 Å². The summed E-state index contributed by atoms with van der Waals surface area (Å²) < 4.78 is 11.7. The van der Waals surface area contributed by atoms with Crippen molar-refractivity contribution in [2.75, 3.05) is 5.34 Å². The Morgan fingerprint density at radius 2 is 0.879 bits per heavy atom. The molecule has 14 heteroatoms. The average molecular weight is 595 g/mol. The highest BCUT2D eigenvalue weighted by molar-refractivity contribution is 6.69. The van der Waals surface area contributed by atoms with Gasteiger partial charge in [-0.25, -0.2) is 21.9 Å². The van der Waals surface area contributed by atoms with Gasteiger partial charge in [0.2, 0.25) is 16.6 Å². The van der Waals surface area contributed by atoms with Crippen molar-refractivity contribution in [3.8, 4) is 0 Å². The molecular weight excluding hydrogens is 546 g/mol. The number of rotatable bonds is 8. The van der Waals surface area contributed by atoms with Crippen LogP contribution in [0.3, 0.4) is 0 Å². The summed E-state index contributed by atoms with van der Waals surface area (Å²) in [5, 5.41) is 17.4. The first-order valence-corrected chi connectivity index (χ1v) is 19.1. The van der Waals surface area contributed by atoms with Crippen molar-refractivity contribution >= 4 is 64.7 Å². The zero-order valence-electron chi connectivity index (χ0n) is 21.0. The molecule has 0 radical (unpaired) electrons. The number of halogens is 4.